The van der Waals surface area contributed by atoms with Crippen LogP contribution in [0.2, 0.25) is 5.02 Å². The molecule has 132 valence electrons. The van der Waals surface area contributed by atoms with Crippen molar-refractivity contribution >= 4 is 33.2 Å². The van der Waals surface area contributed by atoms with Crippen molar-refractivity contribution in [1.82, 2.24) is 9.88 Å². The van der Waals surface area contributed by atoms with Gasteiger partial charge in [0.05, 0.1) is 6.54 Å². The maximum atomic E-state index is 12.5. The first kappa shape index (κ1) is 17.7. The fourth-order valence-electron chi connectivity index (χ4n) is 2.78. The van der Waals surface area contributed by atoms with Gasteiger partial charge in [0.25, 0.3) is 0 Å². The summed E-state index contributed by atoms with van der Waals surface area (Å²) >= 11 is 5.88. The minimum absolute atomic E-state index is 0.0636. The second-order valence-corrected chi connectivity index (χ2v) is 8.38. The Kier molecular flexibility index (Phi) is 4.96. The van der Waals surface area contributed by atoms with Crippen molar-refractivity contribution in [2.24, 2.45) is 0 Å². The number of pyridine rings is 1. The molecule has 3 rings (SSSR count). The van der Waals surface area contributed by atoms with Crippen LogP contribution in [0.3, 0.4) is 0 Å². The highest BCUT2D eigenvalue weighted by Crippen LogP contribution is 2.24. The fourth-order valence-corrected chi connectivity index (χ4v) is 3.74. The second kappa shape index (κ2) is 7.01. The van der Waals surface area contributed by atoms with E-state index in [4.69, 9.17) is 11.6 Å². The van der Waals surface area contributed by atoms with Crippen molar-refractivity contribution in [2.75, 3.05) is 30.8 Å². The first-order chi connectivity index (χ1) is 11.8. The number of rotatable bonds is 4. The van der Waals surface area contributed by atoms with Crippen LogP contribution in [0, 0.1) is 0 Å². The molecule has 1 aromatic heterocycles. The molecule has 2 aromatic rings. The van der Waals surface area contributed by atoms with Gasteiger partial charge in [-0.3, -0.25) is 4.79 Å². The molecule has 0 bridgehead atoms. The second-order valence-electron chi connectivity index (χ2n) is 5.96. The molecule has 0 unspecified atom stereocenters. The average Bonchev–Trinajstić information content (AvgIpc) is 2.58. The average molecular weight is 380 g/mol. The van der Waals surface area contributed by atoms with Crippen molar-refractivity contribution in [1.29, 1.82) is 0 Å². The number of nitrogens with zero attached hydrogens (tertiary/aromatic N) is 3. The summed E-state index contributed by atoms with van der Waals surface area (Å²) in [7, 11) is -3.41. The number of anilines is 1. The lowest BCUT2D eigenvalue weighted by atomic mass is 10.2. The summed E-state index contributed by atoms with van der Waals surface area (Å²) in [5.74, 6) is 0.274. The predicted octanol–water partition coefficient (Wildman–Crippen LogP) is 1.99. The number of aromatic nitrogens is 1. The zero-order valence-corrected chi connectivity index (χ0v) is 15.3. The Morgan fingerprint density at radius 2 is 1.88 bits per heavy atom. The lowest BCUT2D eigenvalue weighted by Crippen LogP contribution is -2.50. The van der Waals surface area contributed by atoms with Crippen molar-refractivity contribution in [3.63, 3.8) is 0 Å². The number of carbonyl (C=O) groups excluding carboxylic acids is 1. The van der Waals surface area contributed by atoms with E-state index in [1.165, 1.54) is 12.3 Å². The van der Waals surface area contributed by atoms with Crippen LogP contribution in [0.15, 0.2) is 47.5 Å². The van der Waals surface area contributed by atoms with Gasteiger partial charge in [0.15, 0.2) is 9.84 Å². The number of benzene rings is 1. The van der Waals surface area contributed by atoms with E-state index in [-0.39, 0.29) is 17.3 Å². The van der Waals surface area contributed by atoms with Crippen LogP contribution < -0.4 is 4.90 Å². The first-order valence-electron chi connectivity index (χ1n) is 7.77. The molecule has 1 aromatic carbocycles. The molecule has 0 N–H and O–H groups in total. The van der Waals surface area contributed by atoms with Gasteiger partial charge in [-0.1, -0.05) is 23.7 Å². The van der Waals surface area contributed by atoms with Gasteiger partial charge in [-0.05, 0) is 29.8 Å². The minimum atomic E-state index is -3.41. The number of halogens is 1. The summed E-state index contributed by atoms with van der Waals surface area (Å²) in [4.78, 5) is 20.3. The molecule has 0 spiro atoms. The SMILES string of the molecule is CS(=O)(=O)c1cccnc1N1CCN(Cc2ccc(Cl)cc2)C(=O)C1. The summed E-state index contributed by atoms with van der Waals surface area (Å²) in [6.45, 7) is 1.64. The topological polar surface area (TPSA) is 70.6 Å². The van der Waals surface area contributed by atoms with E-state index >= 15 is 0 Å². The zero-order valence-electron chi connectivity index (χ0n) is 13.7. The van der Waals surface area contributed by atoms with Crippen molar-refractivity contribution in [3.05, 3.63) is 53.2 Å². The van der Waals surface area contributed by atoms with E-state index < -0.39 is 9.84 Å². The quantitative estimate of drug-likeness (QED) is 0.812. The molecule has 1 saturated heterocycles. The Morgan fingerprint density at radius 1 is 1.16 bits per heavy atom. The van der Waals surface area contributed by atoms with Crippen molar-refractivity contribution in [2.45, 2.75) is 11.4 Å². The highest BCUT2D eigenvalue weighted by atomic mass is 35.5. The molecule has 1 aliphatic rings. The molecule has 0 aliphatic carbocycles. The third kappa shape index (κ3) is 4.11. The van der Waals surface area contributed by atoms with Crippen LogP contribution in [0.5, 0.6) is 0 Å². The highest BCUT2D eigenvalue weighted by molar-refractivity contribution is 7.90. The Morgan fingerprint density at radius 3 is 2.52 bits per heavy atom. The monoisotopic (exact) mass is 379 g/mol. The van der Waals surface area contributed by atoms with Crippen LogP contribution in [-0.2, 0) is 21.2 Å². The third-order valence-corrected chi connectivity index (χ3v) is 5.42. The number of hydrogen-bond acceptors (Lipinski definition) is 5. The molecule has 0 saturated carbocycles. The maximum absolute atomic E-state index is 12.5. The summed E-state index contributed by atoms with van der Waals surface area (Å²) in [6.07, 6.45) is 2.68. The van der Waals surface area contributed by atoms with Crippen LogP contribution >= 0.6 is 11.6 Å². The van der Waals surface area contributed by atoms with Crippen LogP contribution in [-0.4, -0.2) is 50.1 Å². The predicted molar refractivity (Wildman–Crippen MR) is 96.4 cm³/mol. The van der Waals surface area contributed by atoms with E-state index in [9.17, 15) is 13.2 Å². The molecule has 1 amide bonds. The number of amides is 1. The minimum Gasteiger partial charge on any atom is -0.344 e. The Hall–Kier alpha value is -2.12. The fraction of sp³-hybridized carbons (Fsp3) is 0.294. The van der Waals surface area contributed by atoms with Gasteiger partial charge in [-0.2, -0.15) is 0 Å². The van der Waals surface area contributed by atoms with E-state index in [1.54, 1.807) is 28.0 Å². The molecule has 0 atom stereocenters. The molecule has 0 radical (unpaired) electrons. The zero-order chi connectivity index (χ0) is 18.0. The van der Waals surface area contributed by atoms with Crippen LogP contribution in [0.1, 0.15) is 5.56 Å². The molecule has 8 heteroatoms. The Labute approximate surface area is 152 Å². The standard InChI is InChI=1S/C17H18ClN3O3S/c1-25(23,24)15-3-2-8-19-17(15)21-10-9-20(16(22)12-21)11-13-4-6-14(18)7-5-13/h2-8H,9-12H2,1H3. The van der Waals surface area contributed by atoms with E-state index in [0.29, 0.717) is 30.5 Å². The number of sulfone groups is 1. The van der Waals surface area contributed by atoms with Crippen LogP contribution in [0.25, 0.3) is 0 Å². The molecule has 1 aliphatic heterocycles. The van der Waals surface area contributed by atoms with Gasteiger partial charge in [-0.25, -0.2) is 13.4 Å². The number of hydrogen-bond donors (Lipinski definition) is 0. The lowest BCUT2D eigenvalue weighted by molar-refractivity contribution is -0.131. The molecular formula is C17H18ClN3O3S. The molecule has 25 heavy (non-hydrogen) atoms. The van der Waals surface area contributed by atoms with Crippen molar-refractivity contribution in [3.8, 4) is 0 Å². The number of piperazine rings is 1. The van der Waals surface area contributed by atoms with Gasteiger partial charge >= 0.3 is 0 Å². The van der Waals surface area contributed by atoms with E-state index in [1.807, 2.05) is 12.1 Å². The Balaban J connectivity index is 1.74. The van der Waals surface area contributed by atoms with E-state index in [2.05, 4.69) is 4.98 Å². The van der Waals surface area contributed by atoms with Gasteiger partial charge < -0.3 is 9.80 Å². The Bertz CT molecular complexity index is 884. The maximum Gasteiger partial charge on any atom is 0.242 e. The lowest BCUT2D eigenvalue weighted by Gasteiger charge is -2.35. The van der Waals surface area contributed by atoms with E-state index in [0.717, 1.165) is 11.8 Å². The summed E-state index contributed by atoms with van der Waals surface area (Å²) in [5, 5.41) is 0.656. The molecule has 6 nitrogen and oxygen atoms in total. The van der Waals surface area contributed by atoms with Gasteiger partial charge in [0.2, 0.25) is 5.91 Å². The largest absolute Gasteiger partial charge is 0.344 e. The summed E-state index contributed by atoms with van der Waals surface area (Å²) in [6, 6.07) is 10.5. The summed E-state index contributed by atoms with van der Waals surface area (Å²) in [5.41, 5.74) is 1.00. The third-order valence-electron chi connectivity index (χ3n) is 4.06. The first-order valence-corrected chi connectivity index (χ1v) is 10.0. The molecular weight excluding hydrogens is 362 g/mol. The summed E-state index contributed by atoms with van der Waals surface area (Å²) < 4.78 is 23.9. The molecule has 1 fully saturated rings. The van der Waals surface area contributed by atoms with Gasteiger partial charge in [0.1, 0.15) is 10.7 Å². The van der Waals surface area contributed by atoms with Crippen molar-refractivity contribution < 1.29 is 13.2 Å². The smallest absolute Gasteiger partial charge is 0.242 e. The molecule has 2 heterocycles. The normalized spacial score (nSPS) is 15.5. The van der Waals surface area contributed by atoms with Gasteiger partial charge in [0, 0.05) is 37.1 Å². The van der Waals surface area contributed by atoms with Crippen LogP contribution in [0.4, 0.5) is 5.82 Å². The highest BCUT2D eigenvalue weighted by Gasteiger charge is 2.28. The van der Waals surface area contributed by atoms with Gasteiger partial charge in [-0.15, -0.1) is 0 Å². The number of carbonyl (C=O) groups is 1.